The summed E-state index contributed by atoms with van der Waals surface area (Å²) in [4.78, 5) is 22.2. The van der Waals surface area contributed by atoms with Crippen molar-refractivity contribution in [2.45, 2.75) is 19.4 Å². The minimum absolute atomic E-state index is 0.247. The normalized spacial score (nSPS) is 12.1. The molecule has 0 fully saturated rings. The summed E-state index contributed by atoms with van der Waals surface area (Å²) >= 11 is 0. The van der Waals surface area contributed by atoms with Gasteiger partial charge in [-0.1, -0.05) is 12.1 Å². The average molecular weight is 222 g/mol. The molecule has 0 saturated carbocycles. The lowest BCUT2D eigenvalue weighted by molar-refractivity contribution is -0.138. The Kier molecular flexibility index (Phi) is 3.63. The molecule has 0 spiro atoms. The quantitative estimate of drug-likeness (QED) is 0.509. The van der Waals surface area contributed by atoms with Gasteiger partial charge in [0.05, 0.1) is 0 Å². The van der Waals surface area contributed by atoms with Gasteiger partial charge in [0.25, 0.3) is 0 Å². The summed E-state index contributed by atoms with van der Waals surface area (Å²) in [7, 11) is 0. The number of nitrogens with two attached hydrogens (primary N) is 2. The van der Waals surface area contributed by atoms with Gasteiger partial charge in [0.2, 0.25) is 0 Å². The Bertz CT molecular complexity index is 429. The standard InChI is InChI=1S/C11H14N2O3/c1-6-3-2-4-7(10(6)13)9(14)5-8(12)11(15)16/h2-4,8H,5,12-13H2,1H3,(H,15,16). The largest absolute Gasteiger partial charge is 0.480 e. The molecule has 0 aliphatic carbocycles. The van der Waals surface area contributed by atoms with Crippen molar-refractivity contribution in [1.82, 2.24) is 0 Å². The van der Waals surface area contributed by atoms with Gasteiger partial charge in [-0.3, -0.25) is 9.59 Å². The number of hydrogen-bond acceptors (Lipinski definition) is 4. The van der Waals surface area contributed by atoms with Crippen LogP contribution in [-0.2, 0) is 4.79 Å². The molecule has 0 radical (unpaired) electrons. The number of ketones is 1. The van der Waals surface area contributed by atoms with Gasteiger partial charge in [-0.05, 0) is 18.6 Å². The molecule has 1 atom stereocenters. The van der Waals surface area contributed by atoms with E-state index in [2.05, 4.69) is 0 Å². The van der Waals surface area contributed by atoms with Crippen LogP contribution in [-0.4, -0.2) is 22.9 Å². The van der Waals surface area contributed by atoms with Crippen molar-refractivity contribution >= 4 is 17.4 Å². The van der Waals surface area contributed by atoms with Crippen molar-refractivity contribution in [2.75, 3.05) is 5.73 Å². The number of benzene rings is 1. The SMILES string of the molecule is Cc1cccc(C(=O)CC(N)C(=O)O)c1N. The lowest BCUT2D eigenvalue weighted by atomic mass is 10.0. The first-order valence-electron chi connectivity index (χ1n) is 4.80. The van der Waals surface area contributed by atoms with Crippen LogP contribution in [0.4, 0.5) is 5.69 Å². The van der Waals surface area contributed by atoms with Gasteiger partial charge in [0.1, 0.15) is 6.04 Å². The molecular weight excluding hydrogens is 208 g/mol. The maximum atomic E-state index is 11.7. The molecule has 0 amide bonds. The van der Waals surface area contributed by atoms with E-state index < -0.39 is 12.0 Å². The van der Waals surface area contributed by atoms with E-state index in [1.165, 1.54) is 0 Å². The summed E-state index contributed by atoms with van der Waals surface area (Å²) in [6, 6.07) is 3.86. The second-order valence-corrected chi connectivity index (χ2v) is 3.61. The molecule has 1 rings (SSSR count). The molecule has 1 aromatic rings. The van der Waals surface area contributed by atoms with E-state index in [9.17, 15) is 9.59 Å². The first-order valence-corrected chi connectivity index (χ1v) is 4.80. The third-order valence-electron chi connectivity index (χ3n) is 2.35. The Hall–Kier alpha value is -1.88. The van der Waals surface area contributed by atoms with Crippen molar-refractivity contribution in [2.24, 2.45) is 5.73 Å². The predicted octanol–water partition coefficient (Wildman–Crippen LogP) is 0.562. The molecule has 5 N–H and O–H groups in total. The number of rotatable bonds is 4. The summed E-state index contributed by atoms with van der Waals surface area (Å²) < 4.78 is 0. The van der Waals surface area contributed by atoms with Crippen molar-refractivity contribution < 1.29 is 14.7 Å². The Morgan fingerprint density at radius 2 is 2.06 bits per heavy atom. The number of anilines is 1. The third-order valence-corrected chi connectivity index (χ3v) is 2.35. The van der Waals surface area contributed by atoms with Crippen molar-refractivity contribution in [3.8, 4) is 0 Å². The number of hydrogen-bond donors (Lipinski definition) is 3. The van der Waals surface area contributed by atoms with Crippen LogP contribution in [0.5, 0.6) is 0 Å². The van der Waals surface area contributed by atoms with E-state index in [0.29, 0.717) is 11.3 Å². The fraction of sp³-hybridized carbons (Fsp3) is 0.273. The van der Waals surface area contributed by atoms with Crippen molar-refractivity contribution in [3.05, 3.63) is 29.3 Å². The Morgan fingerprint density at radius 3 is 2.62 bits per heavy atom. The second kappa shape index (κ2) is 4.76. The molecule has 1 aromatic carbocycles. The van der Waals surface area contributed by atoms with Gasteiger partial charge < -0.3 is 16.6 Å². The maximum Gasteiger partial charge on any atom is 0.320 e. The third kappa shape index (κ3) is 2.58. The highest BCUT2D eigenvalue weighted by molar-refractivity contribution is 6.03. The molecule has 0 aromatic heterocycles. The summed E-state index contributed by atoms with van der Waals surface area (Å²) in [5.74, 6) is -1.55. The molecule has 0 heterocycles. The zero-order valence-electron chi connectivity index (χ0n) is 8.93. The van der Waals surface area contributed by atoms with E-state index in [0.717, 1.165) is 5.56 Å². The van der Waals surface area contributed by atoms with Crippen LogP contribution in [0.25, 0.3) is 0 Å². The van der Waals surface area contributed by atoms with E-state index in [-0.39, 0.29) is 12.2 Å². The number of carbonyl (C=O) groups is 2. The highest BCUT2D eigenvalue weighted by Gasteiger charge is 2.19. The number of aliphatic carboxylic acids is 1. The molecule has 0 bridgehead atoms. The van der Waals surface area contributed by atoms with Gasteiger partial charge in [0.15, 0.2) is 5.78 Å². The molecule has 0 saturated heterocycles. The predicted molar refractivity (Wildman–Crippen MR) is 60.2 cm³/mol. The summed E-state index contributed by atoms with van der Waals surface area (Å²) in [6.07, 6.45) is -0.247. The van der Waals surface area contributed by atoms with Gasteiger partial charge in [-0.2, -0.15) is 0 Å². The van der Waals surface area contributed by atoms with Gasteiger partial charge >= 0.3 is 5.97 Å². The molecule has 5 heteroatoms. The molecule has 0 aliphatic rings. The van der Waals surface area contributed by atoms with E-state index in [1.807, 2.05) is 0 Å². The summed E-state index contributed by atoms with van der Waals surface area (Å²) in [5.41, 5.74) is 12.5. The smallest absolute Gasteiger partial charge is 0.320 e. The fourth-order valence-corrected chi connectivity index (χ4v) is 1.32. The van der Waals surface area contributed by atoms with Crippen LogP contribution in [0.3, 0.4) is 0 Å². The number of carboxylic acids is 1. The Morgan fingerprint density at radius 1 is 1.44 bits per heavy atom. The zero-order valence-corrected chi connectivity index (χ0v) is 8.93. The molecule has 1 unspecified atom stereocenters. The molecule has 86 valence electrons. The number of carbonyl (C=O) groups excluding carboxylic acids is 1. The van der Waals surface area contributed by atoms with Crippen LogP contribution in [0.1, 0.15) is 22.3 Å². The van der Waals surface area contributed by atoms with Gasteiger partial charge in [-0.25, -0.2) is 0 Å². The summed E-state index contributed by atoms with van der Waals surface area (Å²) in [5, 5.41) is 8.59. The topological polar surface area (TPSA) is 106 Å². The lowest BCUT2D eigenvalue weighted by Gasteiger charge is -2.09. The second-order valence-electron chi connectivity index (χ2n) is 3.61. The van der Waals surface area contributed by atoms with Gasteiger partial charge in [-0.15, -0.1) is 0 Å². The minimum atomic E-state index is -1.19. The number of Topliss-reactive ketones (excluding diaryl/α,β-unsaturated/α-hetero) is 1. The van der Waals surface area contributed by atoms with Crippen LogP contribution in [0, 0.1) is 6.92 Å². The monoisotopic (exact) mass is 222 g/mol. The number of carboxylic acid groups (broad SMARTS) is 1. The fourth-order valence-electron chi connectivity index (χ4n) is 1.32. The number of aryl methyl sites for hydroxylation is 1. The minimum Gasteiger partial charge on any atom is -0.480 e. The van der Waals surface area contributed by atoms with E-state index >= 15 is 0 Å². The van der Waals surface area contributed by atoms with Gasteiger partial charge in [0, 0.05) is 17.7 Å². The van der Waals surface area contributed by atoms with Crippen LogP contribution in [0.2, 0.25) is 0 Å². The first-order chi connectivity index (χ1) is 7.43. The average Bonchev–Trinajstić information content (AvgIpc) is 2.21. The van der Waals surface area contributed by atoms with Crippen molar-refractivity contribution in [1.29, 1.82) is 0 Å². The van der Waals surface area contributed by atoms with Crippen LogP contribution >= 0.6 is 0 Å². The van der Waals surface area contributed by atoms with Crippen molar-refractivity contribution in [3.63, 3.8) is 0 Å². The molecular formula is C11H14N2O3. The highest BCUT2D eigenvalue weighted by atomic mass is 16.4. The number of para-hydroxylation sites is 1. The first kappa shape index (κ1) is 12.2. The van der Waals surface area contributed by atoms with E-state index in [1.54, 1.807) is 25.1 Å². The molecule has 16 heavy (non-hydrogen) atoms. The van der Waals surface area contributed by atoms with Crippen LogP contribution in [0.15, 0.2) is 18.2 Å². The highest BCUT2D eigenvalue weighted by Crippen LogP contribution is 2.18. The van der Waals surface area contributed by atoms with Crippen LogP contribution < -0.4 is 11.5 Å². The summed E-state index contributed by atoms with van der Waals surface area (Å²) in [6.45, 7) is 1.78. The Balaban J connectivity index is 2.89. The Labute approximate surface area is 93.1 Å². The maximum absolute atomic E-state index is 11.7. The van der Waals surface area contributed by atoms with E-state index in [4.69, 9.17) is 16.6 Å². The lowest BCUT2D eigenvalue weighted by Crippen LogP contribution is -2.32. The molecule has 0 aliphatic heterocycles. The molecule has 5 nitrogen and oxygen atoms in total. The zero-order chi connectivity index (χ0) is 12.3. The number of nitrogen functional groups attached to an aromatic ring is 1.